The Kier molecular flexibility index (Phi) is 8.19. The van der Waals surface area contributed by atoms with Gasteiger partial charge in [-0.25, -0.2) is 0 Å². The summed E-state index contributed by atoms with van der Waals surface area (Å²) in [5.41, 5.74) is 3.47. The summed E-state index contributed by atoms with van der Waals surface area (Å²) in [7, 11) is 0. The number of nitrogens with one attached hydrogen (secondary N) is 1. The van der Waals surface area contributed by atoms with Crippen LogP contribution in [0.4, 0.5) is 5.69 Å². The molecule has 2 amide bonds. The quantitative estimate of drug-likeness (QED) is 0.490. The largest absolute Gasteiger partial charge is 0.336 e. The lowest BCUT2D eigenvalue weighted by Gasteiger charge is -2.37. The Hall–Kier alpha value is -3.60. The molecule has 7 heteroatoms. The van der Waals surface area contributed by atoms with Crippen LogP contribution in [0, 0.1) is 18.3 Å². The van der Waals surface area contributed by atoms with Crippen LogP contribution in [-0.2, 0) is 4.79 Å². The highest BCUT2D eigenvalue weighted by atomic mass is 32.2. The Morgan fingerprint density at radius 1 is 0.943 bits per heavy atom. The Morgan fingerprint density at radius 2 is 1.60 bits per heavy atom. The first kappa shape index (κ1) is 24.5. The highest BCUT2D eigenvalue weighted by molar-refractivity contribution is 8.00. The van der Waals surface area contributed by atoms with Gasteiger partial charge in [0, 0.05) is 36.8 Å². The predicted octanol–water partition coefficient (Wildman–Crippen LogP) is 4.75. The van der Waals surface area contributed by atoms with Crippen LogP contribution < -0.4 is 5.32 Å². The maximum Gasteiger partial charge on any atom is 0.255 e. The minimum absolute atomic E-state index is 0.0417. The van der Waals surface area contributed by atoms with Crippen molar-refractivity contribution in [2.24, 2.45) is 0 Å². The van der Waals surface area contributed by atoms with E-state index in [0.717, 1.165) is 21.7 Å². The van der Waals surface area contributed by atoms with Gasteiger partial charge in [0.05, 0.1) is 17.4 Å². The summed E-state index contributed by atoms with van der Waals surface area (Å²) in [6.45, 7) is 4.37. The summed E-state index contributed by atoms with van der Waals surface area (Å²) in [5.74, 6) is 0.0606. The number of amides is 2. The highest BCUT2D eigenvalue weighted by Gasteiger charge is 2.28. The van der Waals surface area contributed by atoms with Gasteiger partial charge in [-0.15, -0.1) is 11.8 Å². The average molecular weight is 485 g/mol. The van der Waals surface area contributed by atoms with Crippen LogP contribution in [0.15, 0.2) is 83.8 Å². The first-order valence-corrected chi connectivity index (χ1v) is 12.6. The number of nitriles is 1. The monoisotopic (exact) mass is 484 g/mol. The molecule has 1 atom stereocenters. The van der Waals surface area contributed by atoms with E-state index in [0.29, 0.717) is 31.7 Å². The minimum Gasteiger partial charge on any atom is -0.336 e. The Bertz CT molecular complexity index is 1200. The van der Waals surface area contributed by atoms with Gasteiger partial charge in [0.25, 0.3) is 5.91 Å². The Balaban J connectivity index is 1.35. The molecule has 0 aromatic heterocycles. The van der Waals surface area contributed by atoms with E-state index in [4.69, 9.17) is 0 Å². The lowest BCUT2D eigenvalue weighted by Crippen LogP contribution is -2.49. The van der Waals surface area contributed by atoms with E-state index in [1.165, 1.54) is 11.8 Å². The molecule has 1 N–H and O–H groups in total. The van der Waals surface area contributed by atoms with Gasteiger partial charge in [-0.1, -0.05) is 60.2 Å². The third-order valence-electron chi connectivity index (χ3n) is 6.02. The number of rotatable bonds is 7. The van der Waals surface area contributed by atoms with Gasteiger partial charge in [-0.2, -0.15) is 5.26 Å². The fourth-order valence-corrected chi connectivity index (χ4v) is 4.95. The minimum atomic E-state index is -0.316. The molecule has 1 fully saturated rings. The molecule has 6 nitrogen and oxygen atoms in total. The van der Waals surface area contributed by atoms with Crippen molar-refractivity contribution in [3.63, 3.8) is 0 Å². The van der Waals surface area contributed by atoms with Crippen molar-refractivity contribution < 1.29 is 9.59 Å². The van der Waals surface area contributed by atoms with Crippen molar-refractivity contribution in [1.82, 2.24) is 9.80 Å². The number of aryl methyl sites for hydroxylation is 1. The highest BCUT2D eigenvalue weighted by Crippen LogP contribution is 2.26. The number of nitrogens with zero attached hydrogens (tertiary/aromatic N) is 3. The van der Waals surface area contributed by atoms with Gasteiger partial charge in [0.2, 0.25) is 5.91 Å². The molecule has 1 saturated heterocycles. The molecule has 0 bridgehead atoms. The SMILES string of the molecule is Cc1ccc(NC(=O)CSc2ccccc2C(=O)N2CCN(C(C#N)c3ccccc3)CC2)cc1. The Morgan fingerprint density at radius 3 is 2.29 bits per heavy atom. The molecule has 178 valence electrons. The van der Waals surface area contributed by atoms with E-state index >= 15 is 0 Å². The van der Waals surface area contributed by atoms with E-state index in [1.54, 1.807) is 0 Å². The second-order valence-electron chi connectivity index (χ2n) is 8.47. The summed E-state index contributed by atoms with van der Waals surface area (Å²) in [6.07, 6.45) is 0. The van der Waals surface area contributed by atoms with Gasteiger partial charge in [-0.05, 0) is 36.8 Å². The molecule has 35 heavy (non-hydrogen) atoms. The van der Waals surface area contributed by atoms with E-state index in [1.807, 2.05) is 90.7 Å². The zero-order valence-electron chi connectivity index (χ0n) is 19.7. The topological polar surface area (TPSA) is 76.4 Å². The zero-order chi connectivity index (χ0) is 24.6. The number of hydrogen-bond donors (Lipinski definition) is 1. The van der Waals surface area contributed by atoms with E-state index in [9.17, 15) is 14.9 Å². The molecule has 1 aliphatic rings. The Labute approximate surface area is 210 Å². The van der Waals surface area contributed by atoms with Crippen LogP contribution >= 0.6 is 11.8 Å². The maximum absolute atomic E-state index is 13.3. The van der Waals surface area contributed by atoms with Gasteiger partial charge in [0.1, 0.15) is 6.04 Å². The van der Waals surface area contributed by atoms with Gasteiger partial charge in [0.15, 0.2) is 0 Å². The van der Waals surface area contributed by atoms with Crippen molar-refractivity contribution in [3.05, 3.63) is 95.6 Å². The number of thioether (sulfide) groups is 1. The third kappa shape index (κ3) is 6.30. The number of benzene rings is 3. The summed E-state index contributed by atoms with van der Waals surface area (Å²) in [5, 5.41) is 12.6. The van der Waals surface area contributed by atoms with E-state index in [-0.39, 0.29) is 23.6 Å². The molecule has 1 heterocycles. The molecule has 0 spiro atoms. The molecule has 3 aromatic rings. The normalized spacial score (nSPS) is 14.7. The summed E-state index contributed by atoms with van der Waals surface area (Å²) in [6, 6.07) is 26.9. The lowest BCUT2D eigenvalue weighted by molar-refractivity contribution is -0.113. The molecule has 4 rings (SSSR count). The molecule has 1 unspecified atom stereocenters. The number of piperazine rings is 1. The van der Waals surface area contributed by atoms with Crippen LogP contribution in [-0.4, -0.2) is 53.5 Å². The first-order valence-electron chi connectivity index (χ1n) is 11.6. The predicted molar refractivity (Wildman–Crippen MR) is 139 cm³/mol. The lowest BCUT2D eigenvalue weighted by atomic mass is 10.1. The van der Waals surface area contributed by atoms with E-state index < -0.39 is 0 Å². The molecular weight excluding hydrogens is 456 g/mol. The zero-order valence-corrected chi connectivity index (χ0v) is 20.5. The molecular formula is C28H28N4O2S. The number of carbonyl (C=O) groups is 2. The van der Waals surface area contributed by atoms with Crippen LogP contribution in [0.2, 0.25) is 0 Å². The van der Waals surface area contributed by atoms with E-state index in [2.05, 4.69) is 16.3 Å². The second-order valence-corrected chi connectivity index (χ2v) is 9.49. The van der Waals surface area contributed by atoms with Crippen molar-refractivity contribution in [3.8, 4) is 6.07 Å². The first-order chi connectivity index (χ1) is 17.0. The van der Waals surface area contributed by atoms with Crippen LogP contribution in [0.25, 0.3) is 0 Å². The van der Waals surface area contributed by atoms with Crippen molar-refractivity contribution in [2.45, 2.75) is 17.9 Å². The molecule has 0 radical (unpaired) electrons. The van der Waals surface area contributed by atoms with Gasteiger partial charge < -0.3 is 10.2 Å². The fourth-order valence-electron chi connectivity index (χ4n) is 4.10. The number of hydrogen-bond acceptors (Lipinski definition) is 5. The standard InChI is InChI=1S/C28H28N4O2S/c1-21-11-13-23(14-12-21)30-27(33)20-35-26-10-6-5-9-24(26)28(34)32-17-15-31(16-18-32)25(19-29)22-7-3-2-4-8-22/h2-14,25H,15-18,20H2,1H3,(H,30,33). The van der Waals surface area contributed by atoms with Gasteiger partial charge in [-0.3, -0.25) is 14.5 Å². The fraction of sp³-hybridized carbons (Fsp3) is 0.250. The second kappa shape index (κ2) is 11.7. The van der Waals surface area contributed by atoms with Crippen molar-refractivity contribution in [1.29, 1.82) is 5.26 Å². The summed E-state index contributed by atoms with van der Waals surface area (Å²) >= 11 is 1.36. The molecule has 0 aliphatic carbocycles. The van der Waals surface area contributed by atoms with Crippen LogP contribution in [0.3, 0.4) is 0 Å². The van der Waals surface area contributed by atoms with Crippen molar-refractivity contribution in [2.75, 3.05) is 37.2 Å². The van der Waals surface area contributed by atoms with Crippen LogP contribution in [0.1, 0.15) is 27.5 Å². The molecule has 3 aromatic carbocycles. The number of anilines is 1. The van der Waals surface area contributed by atoms with Gasteiger partial charge >= 0.3 is 0 Å². The maximum atomic E-state index is 13.3. The average Bonchev–Trinajstić information content (AvgIpc) is 2.90. The number of carbonyl (C=O) groups excluding carboxylic acids is 2. The van der Waals surface area contributed by atoms with Crippen LogP contribution in [0.5, 0.6) is 0 Å². The summed E-state index contributed by atoms with van der Waals surface area (Å²) in [4.78, 5) is 30.5. The smallest absolute Gasteiger partial charge is 0.255 e. The third-order valence-corrected chi connectivity index (χ3v) is 7.09. The summed E-state index contributed by atoms with van der Waals surface area (Å²) < 4.78 is 0. The molecule has 1 aliphatic heterocycles. The molecule has 0 saturated carbocycles. The van der Waals surface area contributed by atoms with Crippen molar-refractivity contribution >= 4 is 29.3 Å².